The van der Waals surface area contributed by atoms with Gasteiger partial charge in [0.05, 0.1) is 12.3 Å². The first-order valence-electron chi connectivity index (χ1n) is 5.02. The van der Waals surface area contributed by atoms with Gasteiger partial charge < -0.3 is 0 Å². The Morgan fingerprint density at radius 1 is 0.938 bits per heavy atom. The zero-order valence-corrected chi connectivity index (χ0v) is 9.45. The van der Waals surface area contributed by atoms with Gasteiger partial charge in [0.2, 0.25) is 0 Å². The van der Waals surface area contributed by atoms with Crippen molar-refractivity contribution in [3.63, 3.8) is 0 Å². The predicted molar refractivity (Wildman–Crippen MR) is 66.3 cm³/mol. The second kappa shape index (κ2) is 5.54. The molecule has 2 nitrogen and oxygen atoms in total. The van der Waals surface area contributed by atoms with Gasteiger partial charge in [0.1, 0.15) is 0 Å². The molecule has 0 aliphatic heterocycles. The number of hydrogen-bond donors (Lipinski definition) is 1. The van der Waals surface area contributed by atoms with Crippen LogP contribution < -0.4 is 5.48 Å². The molecule has 2 rings (SSSR count). The van der Waals surface area contributed by atoms with Gasteiger partial charge in [-0.25, -0.2) is 0 Å². The molecule has 0 bridgehead atoms. The largest absolute Gasteiger partial charge is 0.271 e. The molecule has 0 aliphatic rings. The van der Waals surface area contributed by atoms with Crippen molar-refractivity contribution in [2.75, 3.05) is 5.48 Å². The highest BCUT2D eigenvalue weighted by atomic mass is 35.5. The average Bonchev–Trinajstić information content (AvgIpc) is 2.33. The molecule has 0 radical (unpaired) electrons. The van der Waals surface area contributed by atoms with Crippen LogP contribution in [-0.2, 0) is 11.4 Å². The van der Waals surface area contributed by atoms with E-state index in [1.165, 1.54) is 0 Å². The second-order valence-corrected chi connectivity index (χ2v) is 3.82. The fourth-order valence-corrected chi connectivity index (χ4v) is 1.42. The summed E-state index contributed by atoms with van der Waals surface area (Å²) in [5, 5.41) is 0.736. The third kappa shape index (κ3) is 3.26. The van der Waals surface area contributed by atoms with Gasteiger partial charge in [-0.1, -0.05) is 41.9 Å². The summed E-state index contributed by atoms with van der Waals surface area (Å²) in [4.78, 5) is 5.35. The molecule has 0 spiro atoms. The molecule has 0 saturated heterocycles. The first-order chi connectivity index (χ1) is 7.84. The van der Waals surface area contributed by atoms with Crippen LogP contribution in [0.1, 0.15) is 5.56 Å². The molecule has 82 valence electrons. The van der Waals surface area contributed by atoms with Gasteiger partial charge in [0.15, 0.2) is 0 Å². The predicted octanol–water partition coefficient (Wildman–Crippen LogP) is 3.88. The molecule has 3 heteroatoms. The molecule has 0 heterocycles. The SMILES string of the molecule is Clc1ccc(CONc2ccccc2)cc1. The van der Waals surface area contributed by atoms with E-state index in [1.807, 2.05) is 54.6 Å². The number of halogens is 1. The van der Waals surface area contributed by atoms with E-state index in [0.717, 1.165) is 16.3 Å². The third-order valence-electron chi connectivity index (χ3n) is 2.12. The molecule has 0 unspecified atom stereocenters. The summed E-state index contributed by atoms with van der Waals surface area (Å²) < 4.78 is 0. The Hall–Kier alpha value is -1.51. The summed E-state index contributed by atoms with van der Waals surface area (Å²) in [5.74, 6) is 0. The molecule has 0 fully saturated rings. The minimum absolute atomic E-state index is 0.506. The van der Waals surface area contributed by atoms with Gasteiger partial charge in [0.25, 0.3) is 0 Å². The average molecular weight is 234 g/mol. The number of hydrogen-bond acceptors (Lipinski definition) is 2. The zero-order chi connectivity index (χ0) is 11.2. The van der Waals surface area contributed by atoms with Crippen molar-refractivity contribution in [1.29, 1.82) is 0 Å². The van der Waals surface area contributed by atoms with Gasteiger partial charge in [-0.05, 0) is 29.8 Å². The van der Waals surface area contributed by atoms with Crippen LogP contribution in [0.5, 0.6) is 0 Å². The van der Waals surface area contributed by atoms with E-state index in [-0.39, 0.29) is 0 Å². The van der Waals surface area contributed by atoms with Crippen LogP contribution in [0, 0.1) is 0 Å². The van der Waals surface area contributed by atoms with Crippen molar-refractivity contribution >= 4 is 17.3 Å². The second-order valence-electron chi connectivity index (χ2n) is 3.38. The standard InChI is InChI=1S/C13H12ClNO/c14-12-8-6-11(7-9-12)10-16-15-13-4-2-1-3-5-13/h1-9,15H,10H2. The molecule has 0 saturated carbocycles. The zero-order valence-electron chi connectivity index (χ0n) is 8.69. The molecule has 16 heavy (non-hydrogen) atoms. The van der Waals surface area contributed by atoms with Crippen LogP contribution in [0.2, 0.25) is 5.02 Å². The van der Waals surface area contributed by atoms with E-state index >= 15 is 0 Å². The van der Waals surface area contributed by atoms with Crippen molar-refractivity contribution in [3.8, 4) is 0 Å². The summed E-state index contributed by atoms with van der Waals surface area (Å²) >= 11 is 5.79. The molecule has 0 amide bonds. The lowest BCUT2D eigenvalue weighted by atomic mass is 10.2. The van der Waals surface area contributed by atoms with E-state index in [0.29, 0.717) is 6.61 Å². The van der Waals surface area contributed by atoms with Crippen molar-refractivity contribution in [2.24, 2.45) is 0 Å². The molecular formula is C13H12ClNO. The highest BCUT2D eigenvalue weighted by molar-refractivity contribution is 6.30. The van der Waals surface area contributed by atoms with Crippen LogP contribution in [0.4, 0.5) is 5.69 Å². The summed E-state index contributed by atoms with van der Waals surface area (Å²) in [6.07, 6.45) is 0. The normalized spacial score (nSPS) is 10.1. The summed E-state index contributed by atoms with van der Waals surface area (Å²) in [5.41, 5.74) is 4.89. The number of rotatable bonds is 4. The summed E-state index contributed by atoms with van der Waals surface area (Å²) in [7, 11) is 0. The number of para-hydroxylation sites is 1. The Morgan fingerprint density at radius 3 is 2.31 bits per heavy atom. The Morgan fingerprint density at radius 2 is 1.62 bits per heavy atom. The van der Waals surface area contributed by atoms with Crippen molar-refractivity contribution in [1.82, 2.24) is 0 Å². The van der Waals surface area contributed by atoms with E-state index < -0.39 is 0 Å². The van der Waals surface area contributed by atoms with Crippen LogP contribution in [0.15, 0.2) is 54.6 Å². The van der Waals surface area contributed by atoms with Crippen molar-refractivity contribution in [3.05, 3.63) is 65.2 Å². The Kier molecular flexibility index (Phi) is 3.81. The topological polar surface area (TPSA) is 21.3 Å². The lowest BCUT2D eigenvalue weighted by Gasteiger charge is -2.06. The lowest BCUT2D eigenvalue weighted by Crippen LogP contribution is -2.00. The molecule has 2 aromatic rings. The fourth-order valence-electron chi connectivity index (χ4n) is 1.29. The van der Waals surface area contributed by atoms with Gasteiger partial charge in [-0.15, -0.1) is 0 Å². The molecule has 0 aliphatic carbocycles. The highest BCUT2D eigenvalue weighted by Gasteiger charge is 1.94. The van der Waals surface area contributed by atoms with Crippen LogP contribution in [-0.4, -0.2) is 0 Å². The number of benzene rings is 2. The maximum absolute atomic E-state index is 5.79. The van der Waals surface area contributed by atoms with Crippen LogP contribution >= 0.6 is 11.6 Å². The third-order valence-corrected chi connectivity index (χ3v) is 2.37. The van der Waals surface area contributed by atoms with Crippen LogP contribution in [0.3, 0.4) is 0 Å². The Balaban J connectivity index is 1.82. The van der Waals surface area contributed by atoms with E-state index in [9.17, 15) is 0 Å². The first kappa shape index (κ1) is 11.0. The number of nitrogens with one attached hydrogen (secondary N) is 1. The quantitative estimate of drug-likeness (QED) is 0.810. The minimum Gasteiger partial charge on any atom is -0.271 e. The first-order valence-corrected chi connectivity index (χ1v) is 5.40. The molecule has 1 N–H and O–H groups in total. The molecular weight excluding hydrogens is 222 g/mol. The number of anilines is 1. The van der Waals surface area contributed by atoms with Crippen molar-refractivity contribution < 1.29 is 4.84 Å². The maximum Gasteiger partial charge on any atom is 0.0996 e. The molecule has 0 atom stereocenters. The van der Waals surface area contributed by atoms with Gasteiger partial charge in [-0.2, -0.15) is 0 Å². The Bertz CT molecular complexity index is 427. The van der Waals surface area contributed by atoms with Crippen molar-refractivity contribution in [2.45, 2.75) is 6.61 Å². The fraction of sp³-hybridized carbons (Fsp3) is 0.0769. The van der Waals surface area contributed by atoms with Crippen LogP contribution in [0.25, 0.3) is 0 Å². The van der Waals surface area contributed by atoms with Gasteiger partial charge in [-0.3, -0.25) is 10.3 Å². The minimum atomic E-state index is 0.506. The lowest BCUT2D eigenvalue weighted by molar-refractivity contribution is 0.180. The highest BCUT2D eigenvalue weighted by Crippen LogP contribution is 2.11. The van der Waals surface area contributed by atoms with E-state index in [2.05, 4.69) is 5.48 Å². The Labute approximate surface area is 99.8 Å². The maximum atomic E-state index is 5.79. The summed E-state index contributed by atoms with van der Waals surface area (Å²) in [6, 6.07) is 17.3. The summed E-state index contributed by atoms with van der Waals surface area (Å²) in [6.45, 7) is 0.506. The smallest absolute Gasteiger partial charge is 0.0996 e. The van der Waals surface area contributed by atoms with Gasteiger partial charge >= 0.3 is 0 Å². The molecule has 0 aromatic heterocycles. The molecule has 2 aromatic carbocycles. The van der Waals surface area contributed by atoms with E-state index in [4.69, 9.17) is 16.4 Å². The van der Waals surface area contributed by atoms with E-state index in [1.54, 1.807) is 0 Å². The monoisotopic (exact) mass is 233 g/mol. The van der Waals surface area contributed by atoms with Gasteiger partial charge in [0, 0.05) is 5.02 Å².